The largest absolute Gasteiger partial charge is 0.461 e. The van der Waals surface area contributed by atoms with Gasteiger partial charge in [0.25, 0.3) is 0 Å². The number of halogens is 1. The second kappa shape index (κ2) is 7.40. The van der Waals surface area contributed by atoms with Crippen molar-refractivity contribution in [3.8, 4) is 17.3 Å². The zero-order valence-corrected chi connectivity index (χ0v) is 14.7. The van der Waals surface area contributed by atoms with Crippen molar-refractivity contribution in [2.45, 2.75) is 13.8 Å². The maximum atomic E-state index is 12.2. The quantitative estimate of drug-likeness (QED) is 0.616. The number of carbonyl (C=O) groups excluding carboxylic acids is 1. The van der Waals surface area contributed by atoms with Gasteiger partial charge in [0.1, 0.15) is 5.75 Å². The highest BCUT2D eigenvalue weighted by Gasteiger charge is 2.23. The second-order valence-electron chi connectivity index (χ2n) is 5.31. The predicted octanol–water partition coefficient (Wildman–Crippen LogP) is 4.80. The van der Waals surface area contributed by atoms with Crippen LogP contribution in [0.2, 0.25) is 5.02 Å². The molecule has 6 heteroatoms. The molecular formula is C19H17ClN2O3. The molecule has 0 aliphatic heterocycles. The summed E-state index contributed by atoms with van der Waals surface area (Å²) in [6.07, 6.45) is 0. The van der Waals surface area contributed by atoms with Gasteiger partial charge in [-0.05, 0) is 44.2 Å². The zero-order valence-electron chi connectivity index (χ0n) is 13.9. The molecule has 0 saturated carbocycles. The van der Waals surface area contributed by atoms with Gasteiger partial charge in [-0.2, -0.15) is 9.78 Å². The molecule has 0 spiro atoms. The van der Waals surface area contributed by atoms with Crippen molar-refractivity contribution in [2.75, 3.05) is 6.61 Å². The second-order valence-corrected chi connectivity index (χ2v) is 5.74. The Balaban J connectivity index is 2.09. The van der Waals surface area contributed by atoms with Crippen LogP contribution in [0.5, 0.6) is 11.6 Å². The van der Waals surface area contributed by atoms with Gasteiger partial charge in [-0.15, -0.1) is 0 Å². The summed E-state index contributed by atoms with van der Waals surface area (Å²) in [7, 11) is 0. The van der Waals surface area contributed by atoms with E-state index in [0.29, 0.717) is 22.2 Å². The highest BCUT2D eigenvalue weighted by atomic mass is 35.5. The van der Waals surface area contributed by atoms with Gasteiger partial charge >= 0.3 is 5.97 Å². The van der Waals surface area contributed by atoms with Gasteiger partial charge in [-0.1, -0.05) is 35.9 Å². The number of hydrogen-bond donors (Lipinski definition) is 0. The van der Waals surface area contributed by atoms with E-state index in [2.05, 4.69) is 5.10 Å². The summed E-state index contributed by atoms with van der Waals surface area (Å²) in [5, 5.41) is 4.96. The van der Waals surface area contributed by atoms with Crippen LogP contribution in [-0.4, -0.2) is 22.4 Å². The van der Waals surface area contributed by atoms with E-state index in [1.54, 1.807) is 42.8 Å². The van der Waals surface area contributed by atoms with Crippen LogP contribution >= 0.6 is 11.6 Å². The molecule has 128 valence electrons. The van der Waals surface area contributed by atoms with Gasteiger partial charge in [-0.3, -0.25) is 0 Å². The molecule has 0 fully saturated rings. The Hall–Kier alpha value is -2.79. The molecule has 1 heterocycles. The Morgan fingerprint density at radius 1 is 1.16 bits per heavy atom. The van der Waals surface area contributed by atoms with E-state index in [1.165, 1.54) is 0 Å². The van der Waals surface area contributed by atoms with Gasteiger partial charge in [0, 0.05) is 10.6 Å². The molecule has 0 radical (unpaired) electrons. The minimum atomic E-state index is -0.481. The average Bonchev–Trinajstić information content (AvgIpc) is 2.93. The molecule has 0 unspecified atom stereocenters. The Morgan fingerprint density at radius 3 is 2.60 bits per heavy atom. The van der Waals surface area contributed by atoms with Gasteiger partial charge in [0.15, 0.2) is 5.69 Å². The molecule has 2 aromatic carbocycles. The van der Waals surface area contributed by atoms with Crippen molar-refractivity contribution in [3.05, 3.63) is 70.9 Å². The molecule has 25 heavy (non-hydrogen) atoms. The van der Waals surface area contributed by atoms with Crippen molar-refractivity contribution in [2.24, 2.45) is 0 Å². The number of para-hydroxylation sites is 1. The molecule has 0 atom stereocenters. The van der Waals surface area contributed by atoms with Crippen molar-refractivity contribution in [3.63, 3.8) is 0 Å². The fourth-order valence-corrected chi connectivity index (χ4v) is 2.56. The third-order valence-electron chi connectivity index (χ3n) is 3.55. The minimum Gasteiger partial charge on any atom is -0.461 e. The molecule has 0 amide bonds. The fourth-order valence-electron chi connectivity index (χ4n) is 2.38. The molecule has 1 aromatic heterocycles. The summed E-state index contributed by atoms with van der Waals surface area (Å²) in [5.74, 6) is 0.519. The number of rotatable bonds is 5. The molecule has 0 aliphatic carbocycles. The van der Waals surface area contributed by atoms with Crippen LogP contribution in [0, 0.1) is 6.92 Å². The van der Waals surface area contributed by atoms with Gasteiger partial charge < -0.3 is 9.47 Å². The van der Waals surface area contributed by atoms with Crippen molar-refractivity contribution in [1.29, 1.82) is 0 Å². The van der Waals surface area contributed by atoms with Gasteiger partial charge in [-0.25, -0.2) is 4.79 Å². The van der Waals surface area contributed by atoms with Crippen molar-refractivity contribution < 1.29 is 14.3 Å². The van der Waals surface area contributed by atoms with E-state index in [9.17, 15) is 4.79 Å². The number of benzene rings is 2. The van der Waals surface area contributed by atoms with Crippen molar-refractivity contribution in [1.82, 2.24) is 9.78 Å². The summed E-state index contributed by atoms with van der Waals surface area (Å²) in [6, 6.07) is 16.5. The number of carbonyl (C=O) groups is 1. The van der Waals surface area contributed by atoms with Gasteiger partial charge in [0.05, 0.1) is 12.3 Å². The van der Waals surface area contributed by atoms with Crippen molar-refractivity contribution >= 4 is 17.6 Å². The number of nitrogens with zero attached hydrogens (tertiary/aromatic N) is 2. The summed E-state index contributed by atoms with van der Waals surface area (Å²) in [5.41, 5.74) is 1.60. The predicted molar refractivity (Wildman–Crippen MR) is 95.8 cm³/mol. The maximum absolute atomic E-state index is 12.2. The smallest absolute Gasteiger partial charge is 0.359 e. The van der Waals surface area contributed by atoms with E-state index < -0.39 is 5.97 Å². The highest BCUT2D eigenvalue weighted by molar-refractivity contribution is 6.30. The first kappa shape index (κ1) is 17.0. The molecule has 0 aliphatic rings. The molecule has 5 nitrogen and oxygen atoms in total. The Bertz CT molecular complexity index is 891. The summed E-state index contributed by atoms with van der Waals surface area (Å²) >= 11 is 6.03. The molecule has 3 rings (SSSR count). The Kier molecular flexibility index (Phi) is 5.05. The van der Waals surface area contributed by atoms with Crippen LogP contribution in [0.25, 0.3) is 5.69 Å². The lowest BCUT2D eigenvalue weighted by atomic mass is 10.2. The molecular weight excluding hydrogens is 340 g/mol. The standard InChI is InChI=1S/C19H17ClN2O3/c1-3-24-19(23)17-13(2)18(25-16-11-7-8-14(20)12-16)22(21-17)15-9-5-4-6-10-15/h4-12H,3H2,1-2H3. The van der Waals surface area contributed by atoms with Crippen LogP contribution in [0.15, 0.2) is 54.6 Å². The molecule has 0 N–H and O–H groups in total. The number of ether oxygens (including phenoxy) is 2. The number of aromatic nitrogens is 2. The average molecular weight is 357 g/mol. The Labute approximate surface area is 150 Å². The van der Waals surface area contributed by atoms with Crippen LogP contribution in [0.3, 0.4) is 0 Å². The SMILES string of the molecule is CCOC(=O)c1nn(-c2ccccc2)c(Oc2cccc(Cl)c2)c1C. The molecule has 3 aromatic rings. The molecule has 0 bridgehead atoms. The fraction of sp³-hybridized carbons (Fsp3) is 0.158. The summed E-state index contributed by atoms with van der Waals surface area (Å²) < 4.78 is 12.7. The van der Waals surface area contributed by atoms with E-state index in [1.807, 2.05) is 30.3 Å². The normalized spacial score (nSPS) is 10.5. The van der Waals surface area contributed by atoms with Crippen LogP contribution in [0.4, 0.5) is 0 Å². The minimum absolute atomic E-state index is 0.225. The number of hydrogen-bond acceptors (Lipinski definition) is 4. The lowest BCUT2D eigenvalue weighted by molar-refractivity contribution is 0.0518. The van der Waals surface area contributed by atoms with Crippen LogP contribution in [0.1, 0.15) is 23.0 Å². The monoisotopic (exact) mass is 356 g/mol. The van der Waals surface area contributed by atoms with E-state index in [-0.39, 0.29) is 12.3 Å². The lowest BCUT2D eigenvalue weighted by Crippen LogP contribution is -2.07. The first-order chi connectivity index (χ1) is 12.1. The topological polar surface area (TPSA) is 53.3 Å². The molecule has 0 saturated heterocycles. The highest BCUT2D eigenvalue weighted by Crippen LogP contribution is 2.31. The first-order valence-corrected chi connectivity index (χ1v) is 8.23. The zero-order chi connectivity index (χ0) is 17.8. The van der Waals surface area contributed by atoms with Crippen LogP contribution < -0.4 is 4.74 Å². The summed E-state index contributed by atoms with van der Waals surface area (Å²) in [4.78, 5) is 12.2. The Morgan fingerprint density at radius 2 is 1.92 bits per heavy atom. The maximum Gasteiger partial charge on any atom is 0.359 e. The van der Waals surface area contributed by atoms with E-state index >= 15 is 0 Å². The van der Waals surface area contributed by atoms with E-state index in [0.717, 1.165) is 5.69 Å². The first-order valence-electron chi connectivity index (χ1n) is 7.85. The number of esters is 1. The third-order valence-corrected chi connectivity index (χ3v) is 3.78. The van der Waals surface area contributed by atoms with Crippen LogP contribution in [-0.2, 0) is 4.74 Å². The third kappa shape index (κ3) is 3.67. The van der Waals surface area contributed by atoms with E-state index in [4.69, 9.17) is 21.1 Å². The lowest BCUT2D eigenvalue weighted by Gasteiger charge is -2.10. The summed E-state index contributed by atoms with van der Waals surface area (Å²) in [6.45, 7) is 3.81. The van der Waals surface area contributed by atoms with Gasteiger partial charge in [0.2, 0.25) is 5.88 Å².